The van der Waals surface area contributed by atoms with E-state index in [1.54, 1.807) is 6.07 Å². The Hall–Kier alpha value is -1.33. The van der Waals surface area contributed by atoms with E-state index in [4.69, 9.17) is 9.52 Å². The molecule has 0 amide bonds. The van der Waals surface area contributed by atoms with Gasteiger partial charge in [0.1, 0.15) is 5.76 Å². The summed E-state index contributed by atoms with van der Waals surface area (Å²) in [5.74, 6) is -0.272. The number of hydrogen-bond acceptors (Lipinski definition) is 4. The predicted molar refractivity (Wildman–Crippen MR) is 58.4 cm³/mol. The third kappa shape index (κ3) is 2.84. The van der Waals surface area contributed by atoms with Crippen LogP contribution in [0.3, 0.4) is 0 Å². The highest BCUT2D eigenvalue weighted by Crippen LogP contribution is 2.11. The summed E-state index contributed by atoms with van der Waals surface area (Å²) in [6.07, 6.45) is 1.12. The Morgan fingerprint density at radius 3 is 3.06 bits per heavy atom. The number of carboxylic acids is 1. The molecular formula is C11H16N2O3. The van der Waals surface area contributed by atoms with E-state index in [9.17, 15) is 4.79 Å². The van der Waals surface area contributed by atoms with E-state index in [0.29, 0.717) is 6.54 Å². The van der Waals surface area contributed by atoms with Crippen molar-refractivity contribution in [1.82, 2.24) is 10.2 Å². The first-order valence-electron chi connectivity index (χ1n) is 5.51. The van der Waals surface area contributed by atoms with E-state index >= 15 is 0 Å². The molecule has 2 N–H and O–H groups in total. The van der Waals surface area contributed by atoms with Gasteiger partial charge in [-0.1, -0.05) is 0 Å². The molecule has 0 saturated carbocycles. The molecule has 1 aliphatic rings. The largest absolute Gasteiger partial charge is 0.475 e. The number of furan rings is 1. The lowest BCUT2D eigenvalue weighted by atomic mass is 10.3. The van der Waals surface area contributed by atoms with Gasteiger partial charge in [0.15, 0.2) is 0 Å². The Balaban J connectivity index is 1.94. The van der Waals surface area contributed by atoms with Crippen LogP contribution in [-0.4, -0.2) is 42.2 Å². The maximum Gasteiger partial charge on any atom is 0.371 e. The zero-order valence-corrected chi connectivity index (χ0v) is 9.11. The van der Waals surface area contributed by atoms with Gasteiger partial charge in [-0.3, -0.25) is 4.90 Å². The first kappa shape index (κ1) is 11.2. The number of aromatic carboxylic acids is 1. The molecule has 1 aromatic rings. The molecule has 1 fully saturated rings. The number of nitrogens with one attached hydrogen (secondary N) is 1. The van der Waals surface area contributed by atoms with Gasteiger partial charge in [-0.2, -0.15) is 0 Å². The zero-order valence-electron chi connectivity index (χ0n) is 9.11. The summed E-state index contributed by atoms with van der Waals surface area (Å²) in [4.78, 5) is 12.9. The van der Waals surface area contributed by atoms with Crippen molar-refractivity contribution in [3.63, 3.8) is 0 Å². The van der Waals surface area contributed by atoms with Crippen molar-refractivity contribution in [2.45, 2.75) is 13.0 Å². The van der Waals surface area contributed by atoms with Crippen molar-refractivity contribution in [1.29, 1.82) is 0 Å². The lowest BCUT2D eigenvalue weighted by Gasteiger charge is -2.17. The fourth-order valence-corrected chi connectivity index (χ4v) is 1.86. The molecule has 1 saturated heterocycles. The molecule has 88 valence electrons. The maximum absolute atomic E-state index is 10.6. The number of rotatable bonds is 3. The summed E-state index contributed by atoms with van der Waals surface area (Å²) in [7, 11) is 0. The second-order valence-electron chi connectivity index (χ2n) is 3.95. The van der Waals surface area contributed by atoms with E-state index in [1.807, 2.05) is 0 Å². The Morgan fingerprint density at radius 2 is 2.31 bits per heavy atom. The van der Waals surface area contributed by atoms with Crippen LogP contribution in [0.25, 0.3) is 0 Å². The fourth-order valence-electron chi connectivity index (χ4n) is 1.86. The summed E-state index contributed by atoms with van der Waals surface area (Å²) in [5, 5.41) is 12.1. The average Bonchev–Trinajstić information content (AvgIpc) is 2.56. The van der Waals surface area contributed by atoms with Crippen molar-refractivity contribution < 1.29 is 14.3 Å². The molecule has 0 spiro atoms. The number of carboxylic acid groups (broad SMARTS) is 1. The molecule has 0 aliphatic carbocycles. The quantitative estimate of drug-likeness (QED) is 0.794. The molecule has 5 nitrogen and oxygen atoms in total. The van der Waals surface area contributed by atoms with E-state index in [1.165, 1.54) is 6.07 Å². The van der Waals surface area contributed by atoms with E-state index in [0.717, 1.165) is 38.4 Å². The summed E-state index contributed by atoms with van der Waals surface area (Å²) in [6, 6.07) is 3.25. The van der Waals surface area contributed by atoms with Gasteiger partial charge in [0, 0.05) is 13.1 Å². The molecule has 0 unspecified atom stereocenters. The second kappa shape index (κ2) is 5.14. The minimum absolute atomic E-state index is 0.0166. The van der Waals surface area contributed by atoms with Gasteiger partial charge in [0.25, 0.3) is 0 Å². The van der Waals surface area contributed by atoms with Crippen LogP contribution in [0.4, 0.5) is 0 Å². The van der Waals surface area contributed by atoms with Crippen molar-refractivity contribution in [3.05, 3.63) is 23.7 Å². The number of carbonyl (C=O) groups is 1. The normalized spacial score (nSPS) is 18.2. The van der Waals surface area contributed by atoms with Crippen LogP contribution >= 0.6 is 0 Å². The predicted octanol–water partition coefficient (Wildman–Crippen LogP) is 0.773. The second-order valence-corrected chi connectivity index (χ2v) is 3.95. The van der Waals surface area contributed by atoms with Crippen molar-refractivity contribution in [2.75, 3.05) is 26.2 Å². The monoisotopic (exact) mass is 224 g/mol. The highest BCUT2D eigenvalue weighted by Gasteiger charge is 2.13. The van der Waals surface area contributed by atoms with Gasteiger partial charge in [-0.05, 0) is 31.6 Å². The molecule has 2 heterocycles. The summed E-state index contributed by atoms with van der Waals surface area (Å²) < 4.78 is 5.23. The van der Waals surface area contributed by atoms with E-state index in [2.05, 4.69) is 10.2 Å². The molecular weight excluding hydrogens is 208 g/mol. The third-order valence-electron chi connectivity index (χ3n) is 2.68. The summed E-state index contributed by atoms with van der Waals surface area (Å²) in [5.41, 5.74) is 0. The smallest absolute Gasteiger partial charge is 0.371 e. The topological polar surface area (TPSA) is 65.7 Å². The van der Waals surface area contributed by atoms with Crippen LogP contribution < -0.4 is 5.32 Å². The van der Waals surface area contributed by atoms with Crippen LogP contribution in [0, 0.1) is 0 Å². The molecule has 16 heavy (non-hydrogen) atoms. The van der Waals surface area contributed by atoms with Crippen LogP contribution in [0.2, 0.25) is 0 Å². The van der Waals surface area contributed by atoms with Gasteiger partial charge < -0.3 is 14.8 Å². The minimum atomic E-state index is -1.01. The van der Waals surface area contributed by atoms with Gasteiger partial charge in [-0.25, -0.2) is 4.79 Å². The van der Waals surface area contributed by atoms with Crippen molar-refractivity contribution in [3.8, 4) is 0 Å². The first-order chi connectivity index (χ1) is 7.75. The Morgan fingerprint density at radius 1 is 1.44 bits per heavy atom. The van der Waals surface area contributed by atoms with Gasteiger partial charge in [-0.15, -0.1) is 0 Å². The van der Waals surface area contributed by atoms with Gasteiger partial charge in [0.2, 0.25) is 5.76 Å². The molecule has 0 aromatic carbocycles. The molecule has 1 aliphatic heterocycles. The third-order valence-corrected chi connectivity index (χ3v) is 2.68. The molecule has 2 rings (SSSR count). The van der Waals surface area contributed by atoms with Crippen molar-refractivity contribution >= 4 is 5.97 Å². The zero-order chi connectivity index (χ0) is 11.4. The van der Waals surface area contributed by atoms with E-state index < -0.39 is 5.97 Å². The summed E-state index contributed by atoms with van der Waals surface area (Å²) >= 11 is 0. The van der Waals surface area contributed by atoms with Crippen LogP contribution in [0.15, 0.2) is 16.5 Å². The number of nitrogens with zero attached hydrogens (tertiary/aromatic N) is 1. The fraction of sp³-hybridized carbons (Fsp3) is 0.545. The van der Waals surface area contributed by atoms with Gasteiger partial charge in [0.05, 0.1) is 6.54 Å². The molecule has 0 atom stereocenters. The van der Waals surface area contributed by atoms with Crippen molar-refractivity contribution in [2.24, 2.45) is 0 Å². The molecule has 0 bridgehead atoms. The van der Waals surface area contributed by atoms with Crippen LogP contribution in [0.5, 0.6) is 0 Å². The van der Waals surface area contributed by atoms with E-state index in [-0.39, 0.29) is 5.76 Å². The lowest BCUT2D eigenvalue weighted by Crippen LogP contribution is -2.27. The molecule has 0 radical (unpaired) electrons. The summed E-state index contributed by atoms with van der Waals surface area (Å²) in [6.45, 7) is 4.72. The first-order valence-corrected chi connectivity index (χ1v) is 5.51. The SMILES string of the molecule is O=C(O)c1ccc(CN2CCCNCC2)o1. The minimum Gasteiger partial charge on any atom is -0.475 e. The highest BCUT2D eigenvalue weighted by atomic mass is 16.4. The molecule has 1 aromatic heterocycles. The van der Waals surface area contributed by atoms with Crippen LogP contribution in [0.1, 0.15) is 22.7 Å². The van der Waals surface area contributed by atoms with Crippen LogP contribution in [-0.2, 0) is 6.54 Å². The van der Waals surface area contributed by atoms with Gasteiger partial charge >= 0.3 is 5.97 Å². The number of hydrogen-bond donors (Lipinski definition) is 2. The molecule has 5 heteroatoms. The standard InChI is InChI=1S/C11H16N2O3/c14-11(15)10-3-2-9(16-10)8-13-6-1-4-12-5-7-13/h2-3,12H,1,4-8H2,(H,14,15). The Bertz CT molecular complexity index is 354. The highest BCUT2D eigenvalue weighted by molar-refractivity contribution is 5.84. The Labute approximate surface area is 94.0 Å². The Kier molecular flexibility index (Phi) is 3.58. The lowest BCUT2D eigenvalue weighted by molar-refractivity contribution is 0.0658. The maximum atomic E-state index is 10.6. The average molecular weight is 224 g/mol.